The number of amides is 1. The fourth-order valence-corrected chi connectivity index (χ4v) is 1.37. The zero-order valence-corrected chi connectivity index (χ0v) is 11.6. The Balaban J connectivity index is 0. The van der Waals surface area contributed by atoms with E-state index in [0.29, 0.717) is 0 Å². The Hall–Kier alpha value is -0.530. The molecular formula is C13H29NO. The molecule has 0 rings (SSSR count). The van der Waals surface area contributed by atoms with Gasteiger partial charge in [-0.1, -0.05) is 48.0 Å². The van der Waals surface area contributed by atoms with E-state index in [9.17, 15) is 4.79 Å². The number of nitrogens with one attached hydrogen (secondary N) is 1. The molecule has 0 aromatic rings. The quantitative estimate of drug-likeness (QED) is 0.765. The average molecular weight is 215 g/mol. The summed E-state index contributed by atoms with van der Waals surface area (Å²) in [6.07, 6.45) is 3.14. The minimum absolute atomic E-state index is 0.174. The van der Waals surface area contributed by atoms with Crippen molar-refractivity contribution in [2.75, 3.05) is 7.05 Å². The molecule has 1 unspecified atom stereocenters. The Kier molecular flexibility index (Phi) is 9.85. The molecule has 0 saturated carbocycles. The zero-order valence-electron chi connectivity index (χ0n) is 11.6. The monoisotopic (exact) mass is 215 g/mol. The zero-order chi connectivity index (χ0) is 12.5. The molecule has 2 heteroatoms. The number of carbonyl (C=O) groups is 1. The maximum atomic E-state index is 11.3. The van der Waals surface area contributed by atoms with Crippen LogP contribution in [0.15, 0.2) is 0 Å². The summed E-state index contributed by atoms with van der Waals surface area (Å²) >= 11 is 0. The van der Waals surface area contributed by atoms with Crippen LogP contribution in [0.5, 0.6) is 0 Å². The molecular weight excluding hydrogens is 186 g/mol. The van der Waals surface area contributed by atoms with Crippen molar-refractivity contribution in [3.8, 4) is 0 Å². The van der Waals surface area contributed by atoms with Gasteiger partial charge in [0.2, 0.25) is 5.91 Å². The van der Waals surface area contributed by atoms with Crippen molar-refractivity contribution in [2.24, 2.45) is 11.3 Å². The number of hydrogen-bond donors (Lipinski definition) is 1. The Morgan fingerprint density at radius 3 is 1.80 bits per heavy atom. The van der Waals surface area contributed by atoms with Gasteiger partial charge in [-0.05, 0) is 18.3 Å². The van der Waals surface area contributed by atoms with Crippen molar-refractivity contribution in [3.05, 3.63) is 0 Å². The third kappa shape index (κ3) is 11.4. The van der Waals surface area contributed by atoms with Crippen LogP contribution in [0.2, 0.25) is 0 Å². The van der Waals surface area contributed by atoms with E-state index in [-0.39, 0.29) is 17.2 Å². The van der Waals surface area contributed by atoms with Gasteiger partial charge in [0.05, 0.1) is 0 Å². The smallest absolute Gasteiger partial charge is 0.222 e. The summed E-state index contributed by atoms with van der Waals surface area (Å²) in [5, 5.41) is 2.70. The molecule has 0 fully saturated rings. The van der Waals surface area contributed by atoms with Crippen molar-refractivity contribution in [3.63, 3.8) is 0 Å². The molecule has 0 aliphatic heterocycles. The highest BCUT2D eigenvalue weighted by Gasteiger charge is 2.22. The third-order valence-corrected chi connectivity index (χ3v) is 1.97. The van der Waals surface area contributed by atoms with Gasteiger partial charge in [0.1, 0.15) is 0 Å². The van der Waals surface area contributed by atoms with E-state index >= 15 is 0 Å². The van der Waals surface area contributed by atoms with Crippen molar-refractivity contribution in [1.29, 1.82) is 0 Å². The van der Waals surface area contributed by atoms with Crippen molar-refractivity contribution >= 4 is 5.91 Å². The predicted octanol–water partition coefficient (Wildman–Crippen LogP) is 3.61. The Morgan fingerprint density at radius 2 is 1.60 bits per heavy atom. The Labute approximate surface area is 95.8 Å². The summed E-state index contributed by atoms with van der Waals surface area (Å²) in [7, 11) is 1.70. The van der Waals surface area contributed by atoms with E-state index in [2.05, 4.69) is 46.9 Å². The van der Waals surface area contributed by atoms with Crippen molar-refractivity contribution in [1.82, 2.24) is 5.32 Å². The van der Waals surface area contributed by atoms with Gasteiger partial charge >= 0.3 is 0 Å². The van der Waals surface area contributed by atoms with Gasteiger partial charge in [0, 0.05) is 13.0 Å². The van der Waals surface area contributed by atoms with E-state index in [1.807, 2.05) is 0 Å². The molecule has 92 valence electrons. The topological polar surface area (TPSA) is 29.1 Å². The molecule has 1 atom stereocenters. The maximum absolute atomic E-state index is 11.3. The first-order chi connectivity index (χ1) is 6.82. The fraction of sp³-hybridized carbons (Fsp3) is 0.923. The van der Waals surface area contributed by atoms with Crippen LogP contribution >= 0.6 is 0 Å². The average Bonchev–Trinajstić information content (AvgIpc) is 2.13. The second-order valence-electron chi connectivity index (χ2n) is 5.19. The predicted molar refractivity (Wildman–Crippen MR) is 67.9 cm³/mol. The lowest BCUT2D eigenvalue weighted by Gasteiger charge is -2.23. The van der Waals surface area contributed by atoms with Crippen LogP contribution in [0.3, 0.4) is 0 Å². The van der Waals surface area contributed by atoms with E-state index in [1.54, 1.807) is 7.05 Å². The molecule has 0 heterocycles. The Bertz CT molecular complexity index is 158. The summed E-state index contributed by atoms with van der Waals surface area (Å²) in [4.78, 5) is 11.3. The largest absolute Gasteiger partial charge is 0.359 e. The number of carbonyl (C=O) groups excluding carboxylic acids is 1. The van der Waals surface area contributed by atoms with Gasteiger partial charge in [-0.3, -0.25) is 4.79 Å². The first-order valence-electron chi connectivity index (χ1n) is 6.03. The highest BCUT2D eigenvalue weighted by Crippen LogP contribution is 2.26. The van der Waals surface area contributed by atoms with Gasteiger partial charge in [-0.2, -0.15) is 0 Å². The minimum atomic E-state index is 0.174. The van der Waals surface area contributed by atoms with Crippen LogP contribution in [0.25, 0.3) is 0 Å². The summed E-state index contributed by atoms with van der Waals surface area (Å²) in [5.41, 5.74) is 0.243. The van der Waals surface area contributed by atoms with Crippen LogP contribution in [-0.4, -0.2) is 13.0 Å². The number of rotatable bonds is 3. The third-order valence-electron chi connectivity index (χ3n) is 1.97. The highest BCUT2D eigenvalue weighted by atomic mass is 16.1. The van der Waals surface area contributed by atoms with E-state index in [4.69, 9.17) is 0 Å². The SMILES string of the molecule is CCC.CCC(CC(C)(C)C)C(=O)NC. The first-order valence-corrected chi connectivity index (χ1v) is 6.03. The highest BCUT2D eigenvalue weighted by molar-refractivity contribution is 5.78. The summed E-state index contributed by atoms with van der Waals surface area (Å²) in [6.45, 7) is 12.8. The van der Waals surface area contributed by atoms with Crippen LogP contribution < -0.4 is 5.32 Å². The molecule has 0 saturated heterocycles. The summed E-state index contributed by atoms with van der Waals surface area (Å²) in [5.74, 6) is 0.349. The van der Waals surface area contributed by atoms with Gasteiger partial charge in [0.15, 0.2) is 0 Å². The lowest BCUT2D eigenvalue weighted by Crippen LogP contribution is -2.29. The van der Waals surface area contributed by atoms with Gasteiger partial charge in [-0.15, -0.1) is 0 Å². The van der Waals surface area contributed by atoms with Crippen LogP contribution in [0.1, 0.15) is 60.8 Å². The van der Waals surface area contributed by atoms with E-state index in [0.717, 1.165) is 12.8 Å². The molecule has 0 bridgehead atoms. The molecule has 0 spiro atoms. The molecule has 1 N–H and O–H groups in total. The van der Waals surface area contributed by atoms with Crippen LogP contribution in [0, 0.1) is 11.3 Å². The lowest BCUT2D eigenvalue weighted by atomic mass is 9.83. The normalized spacial score (nSPS) is 12.5. The fourth-order valence-electron chi connectivity index (χ4n) is 1.37. The number of hydrogen-bond acceptors (Lipinski definition) is 1. The maximum Gasteiger partial charge on any atom is 0.222 e. The van der Waals surface area contributed by atoms with E-state index in [1.165, 1.54) is 6.42 Å². The standard InChI is InChI=1S/C10H21NO.C3H8/c1-6-8(9(12)11-5)7-10(2,3)4;1-3-2/h8H,6-7H2,1-5H3,(H,11,12);3H2,1-2H3. The Morgan fingerprint density at radius 1 is 1.20 bits per heavy atom. The minimum Gasteiger partial charge on any atom is -0.359 e. The van der Waals surface area contributed by atoms with Crippen LogP contribution in [0.4, 0.5) is 0 Å². The van der Waals surface area contributed by atoms with Crippen molar-refractivity contribution < 1.29 is 4.79 Å². The molecule has 0 aromatic carbocycles. The first kappa shape index (κ1) is 16.9. The molecule has 0 radical (unpaired) electrons. The van der Waals surface area contributed by atoms with Gasteiger partial charge in [0.25, 0.3) is 0 Å². The van der Waals surface area contributed by atoms with Gasteiger partial charge in [-0.25, -0.2) is 0 Å². The molecule has 1 amide bonds. The molecule has 0 aromatic heterocycles. The molecule has 0 aliphatic carbocycles. The molecule has 2 nitrogen and oxygen atoms in total. The van der Waals surface area contributed by atoms with Crippen LogP contribution in [-0.2, 0) is 4.79 Å². The van der Waals surface area contributed by atoms with E-state index < -0.39 is 0 Å². The lowest BCUT2D eigenvalue weighted by molar-refractivity contribution is -0.125. The van der Waals surface area contributed by atoms with Crippen molar-refractivity contribution in [2.45, 2.75) is 60.8 Å². The summed E-state index contributed by atoms with van der Waals surface area (Å²) in [6, 6.07) is 0. The molecule has 15 heavy (non-hydrogen) atoms. The summed E-state index contributed by atoms with van der Waals surface area (Å²) < 4.78 is 0. The second-order valence-corrected chi connectivity index (χ2v) is 5.19. The second kappa shape index (κ2) is 8.75. The molecule has 0 aliphatic rings. The van der Waals surface area contributed by atoms with Gasteiger partial charge < -0.3 is 5.32 Å².